The second-order valence-corrected chi connectivity index (χ2v) is 2.65. The van der Waals surface area contributed by atoms with Crippen LogP contribution in [0.2, 0.25) is 0 Å². The molecule has 5 heteroatoms. The fraction of sp³-hybridized carbons (Fsp3) is 0.833. The molecule has 0 aromatic rings. The summed E-state index contributed by atoms with van der Waals surface area (Å²) in [5.74, 6) is -0.258. The minimum Gasteiger partial charge on any atom is -0.391 e. The van der Waals surface area contributed by atoms with Crippen LogP contribution in [-0.2, 0) is 9.63 Å². The molecule has 0 spiro atoms. The minimum absolute atomic E-state index is 0.187. The van der Waals surface area contributed by atoms with Crippen molar-refractivity contribution in [2.24, 2.45) is 5.73 Å². The fourth-order valence-electron chi connectivity index (χ4n) is 0.873. The van der Waals surface area contributed by atoms with Gasteiger partial charge in [-0.3, -0.25) is 9.63 Å². The number of hydrogen-bond acceptors (Lipinski definition) is 4. The number of β-amino-alcohol motifs (C(OH)–C–C–N with tert-alkyl or cyclic N) is 1. The molecular weight excluding hydrogens is 148 g/mol. The Morgan fingerprint density at radius 1 is 2.00 bits per heavy atom. The van der Waals surface area contributed by atoms with Crippen LogP contribution in [0.25, 0.3) is 0 Å². The van der Waals surface area contributed by atoms with E-state index in [1.54, 1.807) is 6.92 Å². The third kappa shape index (κ3) is 1.89. The van der Waals surface area contributed by atoms with Gasteiger partial charge >= 0.3 is 0 Å². The molecule has 1 heterocycles. The van der Waals surface area contributed by atoms with E-state index in [0.29, 0.717) is 0 Å². The molecule has 0 aliphatic carbocycles. The number of aliphatic hydroxyl groups is 1. The zero-order chi connectivity index (χ0) is 8.43. The number of nitrogens with zero attached hydrogens (tertiary/aromatic N) is 1. The van der Waals surface area contributed by atoms with Gasteiger partial charge in [-0.05, 0) is 6.92 Å². The first-order chi connectivity index (χ1) is 5.11. The van der Waals surface area contributed by atoms with Crippen molar-refractivity contribution < 1.29 is 14.7 Å². The van der Waals surface area contributed by atoms with Crippen molar-refractivity contribution in [2.75, 3.05) is 13.2 Å². The molecular formula is C6H12N2O3. The molecule has 1 aliphatic rings. The molecule has 64 valence electrons. The maximum atomic E-state index is 11.0. The van der Waals surface area contributed by atoms with Gasteiger partial charge in [0.25, 0.3) is 5.91 Å². The summed E-state index contributed by atoms with van der Waals surface area (Å²) in [6.45, 7) is 1.98. The number of amides is 1. The highest BCUT2D eigenvalue weighted by molar-refractivity contribution is 5.82. The van der Waals surface area contributed by atoms with Crippen molar-refractivity contribution in [3.63, 3.8) is 0 Å². The average Bonchev–Trinajstić information content (AvgIpc) is 2.18. The Kier molecular flexibility index (Phi) is 2.43. The Hall–Kier alpha value is -0.650. The summed E-state index contributed by atoms with van der Waals surface area (Å²) in [7, 11) is 0. The first kappa shape index (κ1) is 8.45. The molecule has 2 unspecified atom stereocenters. The maximum Gasteiger partial charge on any atom is 0.265 e. The highest BCUT2D eigenvalue weighted by Crippen LogP contribution is 2.05. The van der Waals surface area contributed by atoms with Gasteiger partial charge in [-0.1, -0.05) is 0 Å². The molecule has 0 aromatic carbocycles. The predicted molar refractivity (Wildman–Crippen MR) is 37.3 cm³/mol. The van der Waals surface area contributed by atoms with E-state index in [1.807, 2.05) is 0 Å². The topological polar surface area (TPSA) is 75.8 Å². The first-order valence-corrected chi connectivity index (χ1v) is 3.49. The van der Waals surface area contributed by atoms with Crippen LogP contribution in [0.1, 0.15) is 6.92 Å². The van der Waals surface area contributed by atoms with Gasteiger partial charge in [-0.25, -0.2) is 5.06 Å². The van der Waals surface area contributed by atoms with Gasteiger partial charge in [0.2, 0.25) is 0 Å². The van der Waals surface area contributed by atoms with Crippen LogP contribution >= 0.6 is 0 Å². The maximum absolute atomic E-state index is 11.0. The van der Waals surface area contributed by atoms with Crippen molar-refractivity contribution >= 4 is 5.91 Å². The quantitative estimate of drug-likeness (QED) is 0.513. The summed E-state index contributed by atoms with van der Waals surface area (Å²) in [4.78, 5) is 15.9. The second kappa shape index (κ2) is 3.17. The monoisotopic (exact) mass is 160 g/mol. The molecule has 2 atom stereocenters. The number of hydrogen-bond donors (Lipinski definition) is 2. The van der Waals surface area contributed by atoms with Gasteiger partial charge in [0, 0.05) is 0 Å². The number of aliphatic hydroxyl groups excluding tert-OH is 1. The highest BCUT2D eigenvalue weighted by Gasteiger charge is 2.30. The molecule has 0 radical (unpaired) electrons. The third-order valence-electron chi connectivity index (χ3n) is 1.40. The van der Waals surface area contributed by atoms with E-state index in [1.165, 1.54) is 0 Å². The number of rotatable bonds is 2. The summed E-state index contributed by atoms with van der Waals surface area (Å²) >= 11 is 0. The fourth-order valence-corrected chi connectivity index (χ4v) is 0.873. The smallest absolute Gasteiger partial charge is 0.265 e. The standard InChI is InChI=1S/C6H12N2O3/c1-4(9)2-8-6(10)5(7)3-11-8/h4-5,9H,2-3,7H2,1H3. The Balaban J connectivity index is 2.42. The highest BCUT2D eigenvalue weighted by atomic mass is 16.7. The van der Waals surface area contributed by atoms with E-state index in [9.17, 15) is 4.79 Å². The normalized spacial score (nSPS) is 27.7. The van der Waals surface area contributed by atoms with Crippen molar-refractivity contribution in [1.82, 2.24) is 5.06 Å². The van der Waals surface area contributed by atoms with Crippen molar-refractivity contribution in [2.45, 2.75) is 19.1 Å². The molecule has 1 rings (SSSR count). The lowest BCUT2D eigenvalue weighted by Crippen LogP contribution is -2.37. The van der Waals surface area contributed by atoms with Crippen LogP contribution in [0.4, 0.5) is 0 Å². The summed E-state index contributed by atoms with van der Waals surface area (Å²) in [6.07, 6.45) is -0.579. The van der Waals surface area contributed by atoms with E-state index >= 15 is 0 Å². The molecule has 0 bridgehead atoms. The zero-order valence-corrected chi connectivity index (χ0v) is 6.36. The van der Waals surface area contributed by atoms with Gasteiger partial charge in [-0.2, -0.15) is 0 Å². The van der Waals surface area contributed by atoms with E-state index in [-0.39, 0.29) is 19.1 Å². The lowest BCUT2D eigenvalue weighted by atomic mass is 10.3. The van der Waals surface area contributed by atoms with E-state index in [4.69, 9.17) is 15.7 Å². The SMILES string of the molecule is CC(O)CN1OCC(N)C1=O. The number of hydroxylamine groups is 2. The molecule has 0 saturated carbocycles. The molecule has 1 fully saturated rings. The summed E-state index contributed by atoms with van der Waals surface area (Å²) in [6, 6.07) is -0.561. The van der Waals surface area contributed by atoms with Crippen LogP contribution < -0.4 is 5.73 Å². The minimum atomic E-state index is -0.579. The lowest BCUT2D eigenvalue weighted by Gasteiger charge is -2.15. The Bertz CT molecular complexity index is 160. The van der Waals surface area contributed by atoms with Crippen molar-refractivity contribution in [3.05, 3.63) is 0 Å². The number of carbonyl (C=O) groups is 1. The molecule has 5 nitrogen and oxygen atoms in total. The summed E-state index contributed by atoms with van der Waals surface area (Å²) in [5.41, 5.74) is 5.35. The first-order valence-electron chi connectivity index (χ1n) is 3.49. The number of carbonyl (C=O) groups excluding carboxylic acids is 1. The van der Waals surface area contributed by atoms with E-state index in [2.05, 4.69) is 0 Å². The van der Waals surface area contributed by atoms with Crippen LogP contribution in [0.15, 0.2) is 0 Å². The largest absolute Gasteiger partial charge is 0.391 e. The van der Waals surface area contributed by atoms with Crippen molar-refractivity contribution in [3.8, 4) is 0 Å². The third-order valence-corrected chi connectivity index (χ3v) is 1.40. The van der Waals surface area contributed by atoms with Crippen LogP contribution in [0.5, 0.6) is 0 Å². The van der Waals surface area contributed by atoms with Gasteiger partial charge in [0.05, 0.1) is 19.3 Å². The summed E-state index contributed by atoms with van der Waals surface area (Å²) < 4.78 is 0. The van der Waals surface area contributed by atoms with Crippen LogP contribution in [-0.4, -0.2) is 41.4 Å². The average molecular weight is 160 g/mol. The molecule has 1 saturated heterocycles. The Morgan fingerprint density at radius 2 is 2.64 bits per heavy atom. The zero-order valence-electron chi connectivity index (χ0n) is 6.36. The second-order valence-electron chi connectivity index (χ2n) is 2.65. The van der Waals surface area contributed by atoms with E-state index < -0.39 is 12.1 Å². The van der Waals surface area contributed by atoms with Gasteiger partial charge in [0.1, 0.15) is 6.04 Å². The number of nitrogens with two attached hydrogens (primary N) is 1. The molecule has 11 heavy (non-hydrogen) atoms. The molecule has 1 amide bonds. The Morgan fingerprint density at radius 3 is 3.00 bits per heavy atom. The molecule has 0 aromatic heterocycles. The van der Waals surface area contributed by atoms with E-state index in [0.717, 1.165) is 5.06 Å². The molecule has 1 aliphatic heterocycles. The van der Waals surface area contributed by atoms with Crippen molar-refractivity contribution in [1.29, 1.82) is 0 Å². The molecule has 3 N–H and O–H groups in total. The predicted octanol–water partition coefficient (Wildman–Crippen LogP) is -1.53. The van der Waals surface area contributed by atoms with Gasteiger partial charge < -0.3 is 10.8 Å². The van der Waals surface area contributed by atoms with Gasteiger partial charge in [-0.15, -0.1) is 0 Å². The van der Waals surface area contributed by atoms with Crippen LogP contribution in [0.3, 0.4) is 0 Å². The Labute approximate surface area is 64.7 Å². The lowest BCUT2D eigenvalue weighted by molar-refractivity contribution is -0.167. The van der Waals surface area contributed by atoms with Crippen LogP contribution in [0, 0.1) is 0 Å². The van der Waals surface area contributed by atoms with Gasteiger partial charge in [0.15, 0.2) is 0 Å². The summed E-state index contributed by atoms with van der Waals surface area (Å²) in [5, 5.41) is 10.0.